The van der Waals surface area contributed by atoms with E-state index in [2.05, 4.69) is 50.1 Å². The first-order chi connectivity index (χ1) is 29.0. The third-order valence-electron chi connectivity index (χ3n) is 9.48. The molecule has 0 amide bonds. The third-order valence-corrected chi connectivity index (χ3v) is 12.6. The average molecular weight is 907 g/mol. The first kappa shape index (κ1) is 46.7. The summed E-state index contributed by atoms with van der Waals surface area (Å²) in [5.74, 6) is 0.717. The summed E-state index contributed by atoms with van der Waals surface area (Å²) in [6, 6.07) is 27.5. The molecule has 60 heavy (non-hydrogen) atoms. The van der Waals surface area contributed by atoms with Gasteiger partial charge in [-0.3, -0.25) is 0 Å². The van der Waals surface area contributed by atoms with Crippen LogP contribution in [-0.4, -0.2) is 63.0 Å². The highest BCUT2D eigenvalue weighted by Gasteiger charge is 2.19. The number of halogens is 3. The van der Waals surface area contributed by atoms with Gasteiger partial charge in [-0.2, -0.15) is 5.26 Å². The van der Waals surface area contributed by atoms with E-state index in [1.165, 1.54) is 0 Å². The van der Waals surface area contributed by atoms with Crippen molar-refractivity contribution in [3.8, 4) is 33.0 Å². The lowest BCUT2D eigenvalue weighted by Crippen LogP contribution is -2.24. The normalized spacial score (nSPS) is 11.4. The van der Waals surface area contributed by atoms with Crippen LogP contribution in [0.1, 0.15) is 67.3 Å². The van der Waals surface area contributed by atoms with Gasteiger partial charge in [0, 0.05) is 57.9 Å². The van der Waals surface area contributed by atoms with Crippen LogP contribution < -0.4 is 14.5 Å². The fraction of sp³-hybridized carbons (Fsp3) is 0.356. The Morgan fingerprint density at radius 1 is 0.733 bits per heavy atom. The van der Waals surface area contributed by atoms with Gasteiger partial charge in [0.05, 0.1) is 19.1 Å². The van der Waals surface area contributed by atoms with Gasteiger partial charge in [0.15, 0.2) is 0 Å². The van der Waals surface area contributed by atoms with Crippen LogP contribution in [0.5, 0.6) is 5.75 Å². The first-order valence-corrected chi connectivity index (χ1v) is 22.6. The van der Waals surface area contributed by atoms with E-state index >= 15 is 0 Å². The van der Waals surface area contributed by atoms with Crippen molar-refractivity contribution in [2.24, 2.45) is 0 Å². The Bertz CT molecular complexity index is 2270. The molecule has 0 fully saturated rings. The third kappa shape index (κ3) is 13.1. The van der Waals surface area contributed by atoms with E-state index in [-0.39, 0.29) is 13.2 Å². The highest BCUT2D eigenvalue weighted by atomic mass is 35.5. The second-order valence-electron chi connectivity index (χ2n) is 14.2. The van der Waals surface area contributed by atoms with Crippen LogP contribution in [-0.2, 0) is 19.5 Å². The Balaban J connectivity index is 0.000000230. The van der Waals surface area contributed by atoms with Gasteiger partial charge in [-0.15, -0.1) is 20.4 Å². The number of nitriles is 1. The molecule has 2 heterocycles. The number of aliphatic hydroxyl groups excluding tert-OH is 2. The molecule has 316 valence electrons. The van der Waals surface area contributed by atoms with Gasteiger partial charge in [-0.1, -0.05) is 133 Å². The number of hydrogen-bond acceptors (Lipinski definition) is 12. The minimum Gasteiger partial charge on any atom is -0.490 e. The summed E-state index contributed by atoms with van der Waals surface area (Å²) in [6.45, 7) is 11.0. The summed E-state index contributed by atoms with van der Waals surface area (Å²) < 4.78 is 5.71. The largest absolute Gasteiger partial charge is 0.490 e. The summed E-state index contributed by atoms with van der Waals surface area (Å²) in [5, 5.41) is 50.6. The Labute approximate surface area is 376 Å². The fourth-order valence-electron chi connectivity index (χ4n) is 6.20. The molecule has 0 saturated carbocycles. The van der Waals surface area contributed by atoms with E-state index in [1.54, 1.807) is 22.7 Å². The molecule has 0 spiro atoms. The molecule has 10 nitrogen and oxygen atoms in total. The predicted octanol–water partition coefficient (Wildman–Crippen LogP) is 11.4. The van der Waals surface area contributed by atoms with Crippen molar-refractivity contribution >= 4 is 67.7 Å². The number of nitrogens with zero attached hydrogens (tertiary/aromatic N) is 7. The van der Waals surface area contributed by atoms with Crippen molar-refractivity contribution in [2.75, 3.05) is 36.1 Å². The van der Waals surface area contributed by atoms with Crippen molar-refractivity contribution in [3.05, 3.63) is 122 Å². The maximum absolute atomic E-state index is 9.57. The molecular weight excluding hydrogens is 857 g/mol. The van der Waals surface area contributed by atoms with Gasteiger partial charge in [-0.25, -0.2) is 0 Å². The Morgan fingerprint density at radius 3 is 1.83 bits per heavy atom. The molecule has 0 aliphatic rings. The standard InChI is InChI=1S/C24H30ClN3O3S.C21H20Cl2N4S/c1-4-5-10-28(13-18-8-6-7-9-21(18)25)24-27-26-23(32-24)19-11-16(2)22(17(3)12-19)31-15-20(30)14-29;1-2-3-13-27(14-17-18(22)5-4-6-19(17)23)21-26-25-20(28-21)16-9-7-15(8-10-16)11-12-24/h6-9,11-12,20,29-30H,4-5,10,13-15H2,1-3H3;4-10H,2-3,11,13-14H2,1H3/t20-;/m0./s1. The van der Waals surface area contributed by atoms with E-state index in [0.717, 1.165) is 103 Å². The number of hydrogen-bond donors (Lipinski definition) is 2. The first-order valence-electron chi connectivity index (χ1n) is 19.9. The molecule has 15 heteroatoms. The number of aliphatic hydroxyl groups is 2. The zero-order valence-corrected chi connectivity index (χ0v) is 38.1. The summed E-state index contributed by atoms with van der Waals surface area (Å²) in [4.78, 5) is 4.42. The van der Waals surface area contributed by atoms with Crippen molar-refractivity contribution in [3.63, 3.8) is 0 Å². The van der Waals surface area contributed by atoms with Gasteiger partial charge in [0.25, 0.3) is 0 Å². The summed E-state index contributed by atoms with van der Waals surface area (Å²) >= 11 is 22.2. The molecule has 0 aliphatic heterocycles. The molecule has 0 aliphatic carbocycles. The predicted molar refractivity (Wildman–Crippen MR) is 248 cm³/mol. The minimum absolute atomic E-state index is 0.0505. The Morgan fingerprint density at radius 2 is 1.28 bits per heavy atom. The van der Waals surface area contributed by atoms with E-state index in [0.29, 0.717) is 35.3 Å². The lowest BCUT2D eigenvalue weighted by Gasteiger charge is -2.22. The van der Waals surface area contributed by atoms with E-state index in [9.17, 15) is 5.11 Å². The molecule has 2 N–H and O–H groups in total. The van der Waals surface area contributed by atoms with Crippen molar-refractivity contribution in [1.82, 2.24) is 20.4 Å². The number of ether oxygens (including phenoxy) is 1. The molecule has 0 unspecified atom stereocenters. The van der Waals surface area contributed by atoms with Gasteiger partial charge in [0.1, 0.15) is 28.5 Å². The van der Waals surface area contributed by atoms with E-state index < -0.39 is 6.10 Å². The van der Waals surface area contributed by atoms with E-state index in [4.69, 9.17) is 49.9 Å². The molecule has 0 bridgehead atoms. The second kappa shape index (κ2) is 23.6. The molecule has 4 aromatic carbocycles. The van der Waals surface area contributed by atoms with Crippen LogP contribution in [0.2, 0.25) is 15.1 Å². The molecule has 2 aromatic heterocycles. The zero-order chi connectivity index (χ0) is 43.0. The molecule has 0 saturated heterocycles. The summed E-state index contributed by atoms with van der Waals surface area (Å²) in [7, 11) is 0. The van der Waals surface area contributed by atoms with Crippen LogP contribution in [0.4, 0.5) is 10.3 Å². The number of aromatic nitrogens is 4. The highest BCUT2D eigenvalue weighted by molar-refractivity contribution is 7.18. The number of rotatable bonds is 19. The zero-order valence-electron chi connectivity index (χ0n) is 34.2. The maximum Gasteiger partial charge on any atom is 0.208 e. The summed E-state index contributed by atoms with van der Waals surface area (Å²) in [6.07, 6.45) is 3.79. The van der Waals surface area contributed by atoms with Crippen molar-refractivity contribution < 1.29 is 14.9 Å². The number of benzene rings is 4. The molecule has 6 aromatic rings. The SMILES string of the molecule is CCCCN(Cc1c(Cl)cccc1Cl)c1nnc(-c2ccc(CC#N)cc2)s1.CCCCN(Cc1ccccc1Cl)c1nnc(-c2cc(C)c(OC[C@@H](O)CO)c(C)c2)s1. The number of unbranched alkanes of at least 4 members (excludes halogenated alkanes) is 2. The molecule has 0 radical (unpaired) electrons. The van der Waals surface area contributed by atoms with Gasteiger partial charge < -0.3 is 24.7 Å². The Kier molecular flexibility index (Phi) is 18.4. The fourth-order valence-corrected chi connectivity index (χ4v) is 8.64. The second-order valence-corrected chi connectivity index (χ2v) is 17.4. The van der Waals surface area contributed by atoms with Crippen molar-refractivity contribution in [2.45, 2.75) is 79.0 Å². The summed E-state index contributed by atoms with van der Waals surface area (Å²) in [5.41, 5.74) is 6.83. The lowest BCUT2D eigenvalue weighted by molar-refractivity contribution is 0.0532. The quantitative estimate of drug-likeness (QED) is 0.0810. The Hall–Kier alpha value is -4.32. The van der Waals surface area contributed by atoms with Crippen LogP contribution in [0, 0.1) is 25.2 Å². The smallest absolute Gasteiger partial charge is 0.208 e. The average Bonchev–Trinajstić information content (AvgIpc) is 3.95. The number of aryl methyl sites for hydroxylation is 2. The topological polar surface area (TPSA) is 132 Å². The monoisotopic (exact) mass is 905 g/mol. The van der Waals surface area contributed by atoms with Crippen molar-refractivity contribution in [1.29, 1.82) is 5.26 Å². The highest BCUT2D eigenvalue weighted by Crippen LogP contribution is 2.36. The van der Waals surface area contributed by atoms with E-state index in [1.807, 2.05) is 92.7 Å². The van der Waals surface area contributed by atoms with Crippen LogP contribution >= 0.6 is 57.5 Å². The van der Waals surface area contributed by atoms with Gasteiger partial charge in [0.2, 0.25) is 10.3 Å². The number of anilines is 2. The maximum atomic E-state index is 9.57. The van der Waals surface area contributed by atoms with Gasteiger partial charge in [-0.05, 0) is 79.3 Å². The molecule has 6 rings (SSSR count). The van der Waals surface area contributed by atoms with Gasteiger partial charge >= 0.3 is 0 Å². The molecule has 1 atom stereocenters. The molecular formula is C45H50Cl3N7O3S2. The van der Waals surface area contributed by atoms with Crippen LogP contribution in [0.25, 0.3) is 21.1 Å². The minimum atomic E-state index is -0.897. The van der Waals surface area contributed by atoms with Crippen LogP contribution in [0.15, 0.2) is 78.9 Å². The van der Waals surface area contributed by atoms with Crippen LogP contribution in [0.3, 0.4) is 0 Å². The lowest BCUT2D eigenvalue weighted by atomic mass is 10.1.